The van der Waals surface area contributed by atoms with Crippen LogP contribution in [0.25, 0.3) is 10.8 Å². The molecule has 3 rings (SSSR count). The second kappa shape index (κ2) is 5.96. The zero-order valence-electron chi connectivity index (χ0n) is 11.1. The minimum absolute atomic E-state index is 0.208. The molecule has 0 bridgehead atoms. The summed E-state index contributed by atoms with van der Waals surface area (Å²) in [6.07, 6.45) is 0. The minimum atomic E-state index is 0.208. The molecule has 0 saturated heterocycles. The molecular formula is C17H13BrClNO. The van der Waals surface area contributed by atoms with Crippen LogP contribution in [-0.2, 0) is 6.54 Å². The van der Waals surface area contributed by atoms with Crippen LogP contribution < -0.4 is 5.32 Å². The van der Waals surface area contributed by atoms with E-state index in [0.717, 1.165) is 15.5 Å². The Balaban J connectivity index is 1.84. The summed E-state index contributed by atoms with van der Waals surface area (Å²) < 4.78 is 1.07. The Hall–Kier alpha value is -1.71. The molecule has 0 fully saturated rings. The van der Waals surface area contributed by atoms with Crippen LogP contribution >= 0.6 is 27.5 Å². The first-order valence-corrected chi connectivity index (χ1v) is 7.70. The summed E-state index contributed by atoms with van der Waals surface area (Å²) in [5.41, 5.74) is 1.69. The van der Waals surface area contributed by atoms with Gasteiger partial charge in [0.2, 0.25) is 0 Å². The summed E-state index contributed by atoms with van der Waals surface area (Å²) in [5.74, 6) is 0.208. The first-order chi connectivity index (χ1) is 10.1. The van der Waals surface area contributed by atoms with Gasteiger partial charge < -0.3 is 10.4 Å². The van der Waals surface area contributed by atoms with Gasteiger partial charge in [0.25, 0.3) is 0 Å². The van der Waals surface area contributed by atoms with E-state index in [2.05, 4.69) is 45.5 Å². The number of phenols is 1. The van der Waals surface area contributed by atoms with Crippen LogP contribution in [0.1, 0.15) is 5.56 Å². The molecule has 0 heterocycles. The number of hydrogen-bond acceptors (Lipinski definition) is 2. The molecule has 0 saturated carbocycles. The van der Waals surface area contributed by atoms with E-state index in [1.165, 1.54) is 5.39 Å². The van der Waals surface area contributed by atoms with Gasteiger partial charge in [-0.05, 0) is 47.2 Å². The number of benzene rings is 3. The zero-order valence-corrected chi connectivity index (χ0v) is 13.4. The molecule has 0 unspecified atom stereocenters. The normalized spacial score (nSPS) is 10.8. The number of hydrogen-bond donors (Lipinski definition) is 2. The van der Waals surface area contributed by atoms with E-state index in [-0.39, 0.29) is 5.75 Å². The van der Waals surface area contributed by atoms with Gasteiger partial charge in [-0.2, -0.15) is 0 Å². The lowest BCUT2D eigenvalue weighted by molar-refractivity contribution is 0.469. The van der Waals surface area contributed by atoms with Gasteiger partial charge in [-0.25, -0.2) is 0 Å². The van der Waals surface area contributed by atoms with E-state index in [1.54, 1.807) is 18.2 Å². The van der Waals surface area contributed by atoms with Crippen LogP contribution in [0, 0.1) is 0 Å². The fourth-order valence-electron chi connectivity index (χ4n) is 2.24. The highest BCUT2D eigenvalue weighted by atomic mass is 79.9. The van der Waals surface area contributed by atoms with Crippen LogP contribution in [-0.4, -0.2) is 5.11 Å². The molecule has 3 aromatic rings. The molecule has 0 spiro atoms. The fraction of sp³-hybridized carbons (Fsp3) is 0.0588. The average Bonchev–Trinajstić information content (AvgIpc) is 2.47. The van der Waals surface area contributed by atoms with Crippen molar-refractivity contribution in [2.24, 2.45) is 0 Å². The first-order valence-electron chi connectivity index (χ1n) is 6.53. The minimum Gasteiger partial charge on any atom is -0.508 e. The molecule has 0 radical (unpaired) electrons. The number of phenolic OH excluding ortho intramolecular Hbond substituents is 1. The first kappa shape index (κ1) is 14.2. The largest absolute Gasteiger partial charge is 0.508 e. The van der Waals surface area contributed by atoms with E-state index in [1.807, 2.05) is 12.1 Å². The molecule has 0 aliphatic heterocycles. The van der Waals surface area contributed by atoms with E-state index in [9.17, 15) is 5.11 Å². The van der Waals surface area contributed by atoms with Crippen LogP contribution in [0.5, 0.6) is 5.75 Å². The molecular weight excluding hydrogens is 350 g/mol. The molecule has 0 aromatic heterocycles. The van der Waals surface area contributed by atoms with Gasteiger partial charge in [-0.1, -0.05) is 45.7 Å². The Morgan fingerprint density at radius 2 is 1.76 bits per heavy atom. The number of aromatic hydroxyl groups is 1. The summed E-state index contributed by atoms with van der Waals surface area (Å²) in [6.45, 7) is 0.480. The van der Waals surface area contributed by atoms with Crippen molar-refractivity contribution in [3.05, 3.63) is 69.7 Å². The molecule has 0 amide bonds. The van der Waals surface area contributed by atoms with E-state index < -0.39 is 0 Å². The smallest absolute Gasteiger partial charge is 0.122 e. The van der Waals surface area contributed by atoms with Crippen molar-refractivity contribution in [3.8, 4) is 5.75 Å². The van der Waals surface area contributed by atoms with Gasteiger partial charge in [0.15, 0.2) is 0 Å². The van der Waals surface area contributed by atoms with Crippen molar-refractivity contribution in [2.75, 3.05) is 5.32 Å². The third kappa shape index (κ3) is 3.14. The second-order valence-electron chi connectivity index (χ2n) is 4.80. The fourth-order valence-corrected chi connectivity index (χ4v) is 2.85. The molecule has 0 atom stereocenters. The second-order valence-corrected chi connectivity index (χ2v) is 6.12. The van der Waals surface area contributed by atoms with Crippen molar-refractivity contribution in [1.29, 1.82) is 0 Å². The van der Waals surface area contributed by atoms with E-state index >= 15 is 0 Å². The van der Waals surface area contributed by atoms with Crippen LogP contribution in [0.3, 0.4) is 0 Å². The van der Waals surface area contributed by atoms with E-state index in [4.69, 9.17) is 11.6 Å². The number of anilines is 1. The van der Waals surface area contributed by atoms with Gasteiger partial charge in [0, 0.05) is 27.3 Å². The van der Waals surface area contributed by atoms with Gasteiger partial charge >= 0.3 is 0 Å². The highest BCUT2D eigenvalue weighted by molar-refractivity contribution is 9.10. The Bertz CT molecular complexity index is 784. The molecule has 2 N–H and O–H groups in total. The maximum absolute atomic E-state index is 9.84. The summed E-state index contributed by atoms with van der Waals surface area (Å²) >= 11 is 9.57. The Morgan fingerprint density at radius 1 is 1.00 bits per heavy atom. The van der Waals surface area contributed by atoms with Crippen molar-refractivity contribution in [2.45, 2.75) is 6.54 Å². The molecule has 0 aliphatic carbocycles. The average molecular weight is 363 g/mol. The summed E-state index contributed by atoms with van der Waals surface area (Å²) in [7, 11) is 0. The SMILES string of the molecule is Oc1cccc(Cl)c1CNc1ccc2cc(Br)ccc2c1. The van der Waals surface area contributed by atoms with Crippen molar-refractivity contribution < 1.29 is 5.11 Å². The summed E-state index contributed by atoms with van der Waals surface area (Å²) in [5, 5.41) is 16.0. The lowest BCUT2D eigenvalue weighted by Gasteiger charge is -2.10. The number of halogens is 2. The number of nitrogens with one attached hydrogen (secondary N) is 1. The van der Waals surface area contributed by atoms with Gasteiger partial charge in [-0.15, -0.1) is 0 Å². The third-order valence-corrected chi connectivity index (χ3v) is 4.21. The molecule has 2 nitrogen and oxygen atoms in total. The Kier molecular flexibility index (Phi) is 4.04. The van der Waals surface area contributed by atoms with Gasteiger partial charge in [0.1, 0.15) is 5.75 Å². The summed E-state index contributed by atoms with van der Waals surface area (Å²) in [6, 6.07) is 17.5. The van der Waals surface area contributed by atoms with E-state index in [0.29, 0.717) is 17.1 Å². The van der Waals surface area contributed by atoms with Crippen LogP contribution in [0.2, 0.25) is 5.02 Å². The van der Waals surface area contributed by atoms with Crippen molar-refractivity contribution in [1.82, 2.24) is 0 Å². The highest BCUT2D eigenvalue weighted by Crippen LogP contribution is 2.27. The number of rotatable bonds is 3. The lowest BCUT2D eigenvalue weighted by Crippen LogP contribution is -2.00. The Morgan fingerprint density at radius 3 is 2.57 bits per heavy atom. The lowest BCUT2D eigenvalue weighted by atomic mass is 10.1. The topological polar surface area (TPSA) is 32.3 Å². The number of fused-ring (bicyclic) bond motifs is 1. The van der Waals surface area contributed by atoms with Crippen LogP contribution in [0.15, 0.2) is 59.1 Å². The quantitative estimate of drug-likeness (QED) is 0.638. The molecule has 3 aromatic carbocycles. The monoisotopic (exact) mass is 361 g/mol. The predicted octanol–water partition coefficient (Wildman–Crippen LogP) is 5.57. The zero-order chi connectivity index (χ0) is 14.8. The van der Waals surface area contributed by atoms with Crippen molar-refractivity contribution >= 4 is 44.0 Å². The molecule has 4 heteroatoms. The maximum atomic E-state index is 9.84. The van der Waals surface area contributed by atoms with Gasteiger partial charge in [0.05, 0.1) is 0 Å². The Labute approximate surface area is 136 Å². The maximum Gasteiger partial charge on any atom is 0.122 e. The standard InChI is InChI=1S/C17H13BrClNO/c18-13-6-4-12-9-14(7-5-11(12)8-13)20-10-15-16(19)2-1-3-17(15)21/h1-9,20-21H,10H2. The predicted molar refractivity (Wildman–Crippen MR) is 92.1 cm³/mol. The van der Waals surface area contributed by atoms with Crippen molar-refractivity contribution in [3.63, 3.8) is 0 Å². The molecule has 21 heavy (non-hydrogen) atoms. The summed E-state index contributed by atoms with van der Waals surface area (Å²) in [4.78, 5) is 0. The van der Waals surface area contributed by atoms with Gasteiger partial charge in [-0.3, -0.25) is 0 Å². The van der Waals surface area contributed by atoms with Crippen LogP contribution in [0.4, 0.5) is 5.69 Å². The molecule has 0 aliphatic rings. The third-order valence-electron chi connectivity index (χ3n) is 3.37. The highest BCUT2D eigenvalue weighted by Gasteiger charge is 2.06. The molecule has 106 valence electrons.